The van der Waals surface area contributed by atoms with Gasteiger partial charge in [-0.1, -0.05) is 36.8 Å². The van der Waals surface area contributed by atoms with Crippen LogP contribution in [0.5, 0.6) is 0 Å². The number of piperidine rings is 2. The number of carbonyl (C=O) groups excluding carboxylic acids is 1. The van der Waals surface area contributed by atoms with Crippen molar-refractivity contribution in [3.63, 3.8) is 0 Å². The zero-order valence-electron chi connectivity index (χ0n) is 16.7. The molecule has 0 saturated carbocycles. The molecule has 2 N–H and O–H groups in total. The molecule has 2 aliphatic heterocycles. The Morgan fingerprint density at radius 3 is 2.63 bits per heavy atom. The second kappa shape index (κ2) is 9.67. The van der Waals surface area contributed by atoms with Crippen molar-refractivity contribution in [2.45, 2.75) is 50.0 Å². The third-order valence-corrected chi connectivity index (χ3v) is 6.47. The molecule has 0 unspecified atom stereocenters. The highest BCUT2D eigenvalue weighted by Gasteiger charge is 2.42. The number of amides is 1. The Hall–Kier alpha value is -1.43. The second-order valence-corrected chi connectivity index (χ2v) is 8.23. The summed E-state index contributed by atoms with van der Waals surface area (Å²) < 4.78 is 0. The Morgan fingerprint density at radius 1 is 1.19 bits per heavy atom. The van der Waals surface area contributed by atoms with E-state index in [2.05, 4.69) is 34.3 Å². The van der Waals surface area contributed by atoms with Gasteiger partial charge in [0.25, 0.3) is 0 Å². The molecule has 2 fully saturated rings. The van der Waals surface area contributed by atoms with Crippen molar-refractivity contribution in [3.8, 4) is 0 Å². The Morgan fingerprint density at radius 2 is 1.93 bits per heavy atom. The van der Waals surface area contributed by atoms with E-state index >= 15 is 0 Å². The molecule has 0 aromatic heterocycles. The van der Waals surface area contributed by atoms with Gasteiger partial charge in [-0.2, -0.15) is 0 Å². The topological polar surface area (TPSA) is 55.8 Å². The van der Waals surface area contributed by atoms with E-state index in [-0.39, 0.29) is 12.5 Å². The van der Waals surface area contributed by atoms with Gasteiger partial charge >= 0.3 is 0 Å². The highest BCUT2D eigenvalue weighted by Crippen LogP contribution is 2.35. The van der Waals surface area contributed by atoms with Crippen molar-refractivity contribution < 1.29 is 9.90 Å². The molecule has 0 aliphatic carbocycles. The zero-order valence-corrected chi connectivity index (χ0v) is 16.7. The summed E-state index contributed by atoms with van der Waals surface area (Å²) in [4.78, 5) is 17.9. The quantitative estimate of drug-likeness (QED) is 0.718. The number of aliphatic hydroxyl groups excluding tert-OH is 1. The van der Waals surface area contributed by atoms with Crippen LogP contribution in [0.1, 0.15) is 44.1 Å². The minimum atomic E-state index is -0.396. The lowest BCUT2D eigenvalue weighted by Gasteiger charge is -2.40. The van der Waals surface area contributed by atoms with Crippen LogP contribution in [0.4, 0.5) is 0 Å². The standard InChI is InChI=1S/C22H35N3O2/c1-24-16-11-22(12-17-24,19-8-3-2-4-9-19)21(27)23-13-7-15-25-14-6-5-10-20(25)18-26/h2-4,8-9,20,26H,5-7,10-18H2,1H3,(H,23,27)/t20-/m0/s1. The van der Waals surface area contributed by atoms with Gasteiger partial charge in [-0.3, -0.25) is 9.69 Å². The summed E-state index contributed by atoms with van der Waals surface area (Å²) in [6.07, 6.45) is 6.20. The van der Waals surface area contributed by atoms with Crippen LogP contribution in [0.25, 0.3) is 0 Å². The third-order valence-electron chi connectivity index (χ3n) is 6.47. The van der Waals surface area contributed by atoms with Gasteiger partial charge in [0.1, 0.15) is 0 Å². The predicted octanol–water partition coefficient (Wildman–Crippen LogP) is 2.00. The number of aliphatic hydroxyl groups is 1. The fourth-order valence-corrected chi connectivity index (χ4v) is 4.62. The van der Waals surface area contributed by atoms with E-state index in [0.29, 0.717) is 12.6 Å². The number of benzene rings is 1. The molecule has 0 spiro atoms. The minimum Gasteiger partial charge on any atom is -0.395 e. The molecule has 0 radical (unpaired) electrons. The molecule has 2 aliphatic rings. The average molecular weight is 374 g/mol. The maximum atomic E-state index is 13.2. The van der Waals surface area contributed by atoms with E-state index in [9.17, 15) is 9.90 Å². The molecule has 3 rings (SSSR count). The summed E-state index contributed by atoms with van der Waals surface area (Å²) in [6.45, 7) is 4.88. The first kappa shape index (κ1) is 20.3. The van der Waals surface area contributed by atoms with Crippen LogP contribution in [0.3, 0.4) is 0 Å². The van der Waals surface area contributed by atoms with Crippen molar-refractivity contribution in [3.05, 3.63) is 35.9 Å². The summed E-state index contributed by atoms with van der Waals surface area (Å²) in [5.74, 6) is 0.180. The molecule has 0 bridgehead atoms. The van der Waals surface area contributed by atoms with Crippen LogP contribution in [-0.2, 0) is 10.2 Å². The first-order chi connectivity index (χ1) is 13.2. The predicted molar refractivity (Wildman–Crippen MR) is 109 cm³/mol. The summed E-state index contributed by atoms with van der Waals surface area (Å²) in [6, 6.07) is 10.6. The number of hydrogen-bond donors (Lipinski definition) is 2. The molecular weight excluding hydrogens is 338 g/mol. The van der Waals surface area contributed by atoms with Crippen LogP contribution in [0, 0.1) is 0 Å². The summed E-state index contributed by atoms with van der Waals surface area (Å²) in [5, 5.41) is 12.8. The van der Waals surface area contributed by atoms with E-state index in [4.69, 9.17) is 0 Å². The van der Waals surface area contributed by atoms with Crippen molar-refractivity contribution in [1.82, 2.24) is 15.1 Å². The minimum absolute atomic E-state index is 0.180. The first-order valence-corrected chi connectivity index (χ1v) is 10.5. The Labute approximate surface area is 163 Å². The van der Waals surface area contributed by atoms with Crippen LogP contribution in [0.15, 0.2) is 30.3 Å². The van der Waals surface area contributed by atoms with Crippen molar-refractivity contribution in [1.29, 1.82) is 0 Å². The van der Waals surface area contributed by atoms with Crippen LogP contribution >= 0.6 is 0 Å². The molecule has 5 nitrogen and oxygen atoms in total. The largest absolute Gasteiger partial charge is 0.395 e. The SMILES string of the molecule is CN1CCC(C(=O)NCCCN2CCCC[C@H]2CO)(c2ccccc2)CC1. The smallest absolute Gasteiger partial charge is 0.230 e. The third kappa shape index (κ3) is 4.89. The first-order valence-electron chi connectivity index (χ1n) is 10.5. The van der Waals surface area contributed by atoms with Gasteiger partial charge in [-0.15, -0.1) is 0 Å². The number of rotatable bonds is 7. The molecule has 1 amide bonds. The molecule has 1 atom stereocenters. The zero-order chi connectivity index (χ0) is 19.1. The molecule has 5 heteroatoms. The second-order valence-electron chi connectivity index (χ2n) is 8.23. The molecule has 150 valence electrons. The summed E-state index contributed by atoms with van der Waals surface area (Å²) in [5.41, 5.74) is 0.749. The Bertz CT molecular complexity index is 584. The van der Waals surface area contributed by atoms with Gasteiger partial charge in [0.05, 0.1) is 12.0 Å². The van der Waals surface area contributed by atoms with Gasteiger partial charge in [0.15, 0.2) is 0 Å². The molecule has 1 aromatic rings. The number of carbonyl (C=O) groups is 1. The van der Waals surface area contributed by atoms with Crippen LogP contribution in [0.2, 0.25) is 0 Å². The van der Waals surface area contributed by atoms with E-state index in [1.54, 1.807) is 0 Å². The maximum Gasteiger partial charge on any atom is 0.230 e. The molecular formula is C22H35N3O2. The molecule has 27 heavy (non-hydrogen) atoms. The lowest BCUT2D eigenvalue weighted by Crippen LogP contribution is -2.51. The lowest BCUT2D eigenvalue weighted by atomic mass is 9.72. The van der Waals surface area contributed by atoms with E-state index in [1.165, 1.54) is 12.8 Å². The number of likely N-dealkylation sites (tertiary alicyclic amines) is 2. The van der Waals surface area contributed by atoms with Crippen molar-refractivity contribution >= 4 is 5.91 Å². The van der Waals surface area contributed by atoms with Gasteiger partial charge in [0, 0.05) is 19.1 Å². The lowest BCUT2D eigenvalue weighted by molar-refractivity contribution is -0.128. The molecule has 2 heterocycles. The van der Waals surface area contributed by atoms with Crippen LogP contribution in [-0.4, -0.2) is 73.2 Å². The summed E-state index contributed by atoms with van der Waals surface area (Å²) in [7, 11) is 2.13. The van der Waals surface area contributed by atoms with E-state index in [0.717, 1.165) is 57.4 Å². The van der Waals surface area contributed by atoms with Gasteiger partial charge in [0.2, 0.25) is 5.91 Å². The van der Waals surface area contributed by atoms with Crippen molar-refractivity contribution in [2.75, 3.05) is 46.4 Å². The van der Waals surface area contributed by atoms with Gasteiger partial charge in [-0.05, 0) is 64.3 Å². The molecule has 2 saturated heterocycles. The number of nitrogens with zero attached hydrogens (tertiary/aromatic N) is 2. The van der Waals surface area contributed by atoms with Gasteiger partial charge < -0.3 is 15.3 Å². The monoisotopic (exact) mass is 373 g/mol. The Kier molecular flexibility index (Phi) is 7.27. The fraction of sp³-hybridized carbons (Fsp3) is 0.682. The van der Waals surface area contributed by atoms with Crippen molar-refractivity contribution in [2.24, 2.45) is 0 Å². The average Bonchev–Trinajstić information content (AvgIpc) is 2.72. The van der Waals surface area contributed by atoms with E-state index in [1.807, 2.05) is 18.2 Å². The normalized spacial score (nSPS) is 23.9. The number of hydrogen-bond acceptors (Lipinski definition) is 4. The van der Waals surface area contributed by atoms with Crippen LogP contribution < -0.4 is 5.32 Å². The maximum absolute atomic E-state index is 13.2. The van der Waals surface area contributed by atoms with Gasteiger partial charge in [-0.25, -0.2) is 0 Å². The highest BCUT2D eigenvalue weighted by molar-refractivity contribution is 5.88. The molecule has 1 aromatic carbocycles. The van der Waals surface area contributed by atoms with E-state index < -0.39 is 5.41 Å². The summed E-state index contributed by atoms with van der Waals surface area (Å²) >= 11 is 0. The number of nitrogens with one attached hydrogen (secondary N) is 1. The Balaban J connectivity index is 1.55. The fourth-order valence-electron chi connectivity index (χ4n) is 4.62. The highest BCUT2D eigenvalue weighted by atomic mass is 16.3.